The summed E-state index contributed by atoms with van der Waals surface area (Å²) in [4.78, 5) is 20.6. The summed E-state index contributed by atoms with van der Waals surface area (Å²) >= 11 is 1.33. The van der Waals surface area contributed by atoms with E-state index in [0.717, 1.165) is 0 Å². The van der Waals surface area contributed by atoms with Crippen LogP contribution in [0.15, 0.2) is 58.8 Å². The highest BCUT2D eigenvalue weighted by Crippen LogP contribution is 2.24. The molecule has 0 aliphatic carbocycles. The third kappa shape index (κ3) is 3.52. The molecule has 0 spiro atoms. The van der Waals surface area contributed by atoms with E-state index >= 15 is 0 Å². The Labute approximate surface area is 158 Å². The molecule has 0 saturated heterocycles. The van der Waals surface area contributed by atoms with Crippen molar-refractivity contribution in [1.29, 1.82) is 0 Å². The lowest BCUT2D eigenvalue weighted by molar-refractivity contribution is 0.0946. The van der Waals surface area contributed by atoms with Crippen molar-refractivity contribution in [2.45, 2.75) is 13.5 Å². The number of furan rings is 1. The van der Waals surface area contributed by atoms with E-state index in [-0.39, 0.29) is 18.3 Å². The van der Waals surface area contributed by atoms with Gasteiger partial charge in [-0.3, -0.25) is 4.79 Å². The minimum absolute atomic E-state index is 0.201. The Balaban J connectivity index is 1.43. The van der Waals surface area contributed by atoms with Gasteiger partial charge < -0.3 is 14.3 Å². The predicted octanol–water partition coefficient (Wildman–Crippen LogP) is 3.97. The molecule has 1 aromatic carbocycles. The van der Waals surface area contributed by atoms with E-state index in [1.54, 1.807) is 59.8 Å². The number of nitrogens with zero attached hydrogens (tertiary/aromatic N) is 3. The third-order valence-corrected chi connectivity index (χ3v) is 4.88. The Morgan fingerprint density at radius 1 is 1.37 bits per heavy atom. The third-order valence-electron chi connectivity index (χ3n) is 4.02. The van der Waals surface area contributed by atoms with Crippen LogP contribution in [0.2, 0.25) is 0 Å². The van der Waals surface area contributed by atoms with Crippen LogP contribution in [-0.2, 0) is 6.54 Å². The van der Waals surface area contributed by atoms with Gasteiger partial charge in [0.15, 0.2) is 10.8 Å². The summed E-state index contributed by atoms with van der Waals surface area (Å²) in [6, 6.07) is 8.40. The molecule has 8 heteroatoms. The molecule has 0 atom stereocenters. The zero-order chi connectivity index (χ0) is 18.8. The Bertz CT molecular complexity index is 1090. The molecule has 0 radical (unpaired) electrons. The molecular formula is C19H15FN4O2S. The van der Waals surface area contributed by atoms with E-state index in [2.05, 4.69) is 15.3 Å². The number of aryl methyl sites for hydroxylation is 1. The Kier molecular flexibility index (Phi) is 4.55. The van der Waals surface area contributed by atoms with Crippen LogP contribution < -0.4 is 5.32 Å². The summed E-state index contributed by atoms with van der Waals surface area (Å²) in [5.41, 5.74) is 1.38. The molecule has 1 amide bonds. The largest absolute Gasteiger partial charge is 0.462 e. The number of imidazole rings is 1. The number of nitrogens with one attached hydrogen (secondary N) is 1. The van der Waals surface area contributed by atoms with Crippen LogP contribution in [0.3, 0.4) is 0 Å². The molecule has 0 unspecified atom stereocenters. The zero-order valence-corrected chi connectivity index (χ0v) is 15.2. The van der Waals surface area contributed by atoms with Gasteiger partial charge in [0.25, 0.3) is 5.91 Å². The Hall–Kier alpha value is -3.26. The van der Waals surface area contributed by atoms with Crippen LogP contribution in [0.5, 0.6) is 0 Å². The van der Waals surface area contributed by atoms with Gasteiger partial charge in [-0.2, -0.15) is 0 Å². The van der Waals surface area contributed by atoms with Gasteiger partial charge in [0.2, 0.25) is 0 Å². The molecule has 4 rings (SSSR count). The highest BCUT2D eigenvalue weighted by Gasteiger charge is 2.14. The molecule has 3 heterocycles. The van der Waals surface area contributed by atoms with Crippen molar-refractivity contribution in [3.63, 3.8) is 0 Å². The lowest BCUT2D eigenvalue weighted by atomic mass is 10.2. The molecule has 136 valence electrons. The van der Waals surface area contributed by atoms with Crippen LogP contribution in [0, 0.1) is 12.7 Å². The topological polar surface area (TPSA) is 73.0 Å². The van der Waals surface area contributed by atoms with Crippen molar-refractivity contribution in [3.8, 4) is 16.5 Å². The molecule has 0 bridgehead atoms. The van der Waals surface area contributed by atoms with Crippen LogP contribution >= 0.6 is 11.3 Å². The minimum atomic E-state index is -0.378. The van der Waals surface area contributed by atoms with Crippen molar-refractivity contribution in [1.82, 2.24) is 19.9 Å². The van der Waals surface area contributed by atoms with Gasteiger partial charge in [0, 0.05) is 24.3 Å². The van der Waals surface area contributed by atoms with E-state index in [1.807, 2.05) is 0 Å². The fourth-order valence-electron chi connectivity index (χ4n) is 2.65. The number of hydrogen-bond donors (Lipinski definition) is 1. The van der Waals surface area contributed by atoms with E-state index in [9.17, 15) is 9.18 Å². The number of carbonyl (C=O) groups excluding carboxylic acids is 1. The lowest BCUT2D eigenvalue weighted by Gasteiger charge is -2.09. The average Bonchev–Trinajstić information content (AvgIpc) is 3.41. The number of amides is 1. The highest BCUT2D eigenvalue weighted by molar-refractivity contribution is 7.13. The van der Waals surface area contributed by atoms with Crippen LogP contribution in [0.4, 0.5) is 4.39 Å². The first-order chi connectivity index (χ1) is 13.1. The summed E-state index contributed by atoms with van der Waals surface area (Å²) in [6.07, 6.45) is 4.88. The quantitative estimate of drug-likeness (QED) is 0.567. The number of benzene rings is 1. The summed E-state index contributed by atoms with van der Waals surface area (Å²) in [5, 5.41) is 5.06. The number of rotatable bonds is 5. The second kappa shape index (κ2) is 7.16. The van der Waals surface area contributed by atoms with Gasteiger partial charge in [0.05, 0.1) is 12.0 Å². The van der Waals surface area contributed by atoms with E-state index in [4.69, 9.17) is 4.42 Å². The van der Waals surface area contributed by atoms with Crippen molar-refractivity contribution in [2.75, 3.05) is 0 Å². The van der Waals surface area contributed by atoms with E-state index in [0.29, 0.717) is 33.5 Å². The molecular weight excluding hydrogens is 367 g/mol. The van der Waals surface area contributed by atoms with Crippen LogP contribution in [-0.4, -0.2) is 20.4 Å². The normalized spacial score (nSPS) is 10.9. The van der Waals surface area contributed by atoms with E-state index < -0.39 is 0 Å². The van der Waals surface area contributed by atoms with Gasteiger partial charge >= 0.3 is 0 Å². The molecule has 0 saturated carbocycles. The number of aromatic nitrogens is 3. The molecule has 4 aromatic rings. The summed E-state index contributed by atoms with van der Waals surface area (Å²) in [5.74, 6) is 0.618. The summed E-state index contributed by atoms with van der Waals surface area (Å²) in [6.45, 7) is 2.00. The zero-order valence-electron chi connectivity index (χ0n) is 14.3. The number of halogens is 1. The first-order valence-corrected chi connectivity index (χ1v) is 9.06. The van der Waals surface area contributed by atoms with Crippen LogP contribution in [0.1, 0.15) is 21.9 Å². The first kappa shape index (κ1) is 17.2. The Morgan fingerprint density at radius 3 is 2.96 bits per heavy atom. The summed E-state index contributed by atoms with van der Waals surface area (Å²) < 4.78 is 21.4. The molecule has 6 nitrogen and oxygen atoms in total. The average molecular weight is 382 g/mol. The van der Waals surface area contributed by atoms with Crippen LogP contribution in [0.25, 0.3) is 16.5 Å². The number of hydrogen-bond acceptors (Lipinski definition) is 5. The van der Waals surface area contributed by atoms with Gasteiger partial charge in [0.1, 0.15) is 17.3 Å². The monoisotopic (exact) mass is 382 g/mol. The predicted molar refractivity (Wildman–Crippen MR) is 99.2 cm³/mol. The minimum Gasteiger partial charge on any atom is -0.462 e. The van der Waals surface area contributed by atoms with E-state index in [1.165, 1.54) is 17.4 Å². The maximum atomic E-state index is 14.4. The smallest absolute Gasteiger partial charge is 0.271 e. The molecule has 0 fully saturated rings. The van der Waals surface area contributed by atoms with Gasteiger partial charge in [-0.25, -0.2) is 14.4 Å². The highest BCUT2D eigenvalue weighted by atomic mass is 32.1. The van der Waals surface area contributed by atoms with Crippen molar-refractivity contribution in [3.05, 3.63) is 77.3 Å². The van der Waals surface area contributed by atoms with Crippen molar-refractivity contribution < 1.29 is 13.6 Å². The SMILES string of the molecule is Cc1nccn1-c1ccc(CNC(=O)c2csc(-c3ccco3)n2)cc1F. The fraction of sp³-hybridized carbons (Fsp3) is 0.105. The Morgan fingerprint density at radius 2 is 2.26 bits per heavy atom. The van der Waals surface area contributed by atoms with Crippen molar-refractivity contribution >= 4 is 17.2 Å². The maximum absolute atomic E-state index is 14.4. The first-order valence-electron chi connectivity index (χ1n) is 8.18. The molecule has 1 N–H and O–H groups in total. The standard InChI is InChI=1S/C19H15FN4O2S/c1-12-21-6-7-24(12)16-5-4-13(9-14(16)20)10-22-18(25)15-11-27-19(23-15)17-3-2-8-26-17/h2-9,11H,10H2,1H3,(H,22,25). The van der Waals surface area contributed by atoms with Gasteiger partial charge in [-0.05, 0) is 36.8 Å². The lowest BCUT2D eigenvalue weighted by Crippen LogP contribution is -2.23. The number of carbonyl (C=O) groups is 1. The second-order valence-electron chi connectivity index (χ2n) is 5.83. The molecule has 27 heavy (non-hydrogen) atoms. The molecule has 0 aliphatic heterocycles. The van der Waals surface area contributed by atoms with Gasteiger partial charge in [-0.15, -0.1) is 11.3 Å². The molecule has 0 aliphatic rings. The van der Waals surface area contributed by atoms with Gasteiger partial charge in [-0.1, -0.05) is 6.07 Å². The summed E-state index contributed by atoms with van der Waals surface area (Å²) in [7, 11) is 0. The maximum Gasteiger partial charge on any atom is 0.271 e. The number of thiazole rings is 1. The van der Waals surface area contributed by atoms with Crippen molar-refractivity contribution in [2.24, 2.45) is 0 Å². The molecule has 3 aromatic heterocycles. The second-order valence-corrected chi connectivity index (χ2v) is 6.69. The fourth-order valence-corrected chi connectivity index (χ4v) is 3.42.